The average molecular weight is 689 g/mol. The van der Waals surface area contributed by atoms with Gasteiger partial charge in [-0.05, 0) is 49.2 Å². The molecular weight excluding hydrogens is 652 g/mol. The number of carbonyl (C=O) groups is 6. The fourth-order valence-electron chi connectivity index (χ4n) is 6.44. The van der Waals surface area contributed by atoms with Gasteiger partial charge < -0.3 is 31.1 Å². The summed E-state index contributed by atoms with van der Waals surface area (Å²) >= 11 is 0. The molecule has 0 bridgehead atoms. The molecule has 0 heterocycles. The lowest BCUT2D eigenvalue weighted by atomic mass is 9.75. The lowest BCUT2D eigenvalue weighted by Crippen LogP contribution is -2.31. The first-order chi connectivity index (χ1) is 24.8. The second-order valence-electron chi connectivity index (χ2n) is 12.1. The molecule has 4 aromatic carbocycles. The van der Waals surface area contributed by atoms with Crippen LogP contribution >= 0.6 is 0 Å². The summed E-state index contributed by atoms with van der Waals surface area (Å²) in [7, 11) is 1.59. The Hall–Kier alpha value is -5.66. The number of anilines is 2. The molecule has 6 rings (SSSR count). The van der Waals surface area contributed by atoms with Crippen LogP contribution in [-0.2, 0) is 14.3 Å². The smallest absolute Gasteiger partial charge is 0.238 e. The summed E-state index contributed by atoms with van der Waals surface area (Å²) < 4.78 is 5.04. The molecule has 2 aliphatic carbocycles. The molecule has 260 valence electrons. The number of rotatable bonds is 14. The molecule has 0 radical (unpaired) electrons. The molecule has 0 saturated carbocycles. The van der Waals surface area contributed by atoms with Crippen LogP contribution in [0.1, 0.15) is 76.5 Å². The van der Waals surface area contributed by atoms with Crippen molar-refractivity contribution in [1.29, 1.82) is 0 Å². The fraction of sp³-hybridized carbons (Fsp3) is 0.231. The number of amides is 2. The van der Waals surface area contributed by atoms with E-state index in [0.29, 0.717) is 32.5 Å². The quantitative estimate of drug-likeness (QED) is 0.107. The number of carbonyl (C=O) groups excluding carboxylic acids is 6. The van der Waals surface area contributed by atoms with Crippen LogP contribution in [-0.4, -0.2) is 86.6 Å². The first-order valence-corrected chi connectivity index (χ1v) is 16.6. The number of fused-ring (bicyclic) bond motifs is 4. The van der Waals surface area contributed by atoms with Gasteiger partial charge in [0.15, 0.2) is 23.1 Å². The molecule has 2 amide bonds. The number of ketones is 4. The summed E-state index contributed by atoms with van der Waals surface area (Å²) in [6.07, 6.45) is 1.14. The van der Waals surface area contributed by atoms with Gasteiger partial charge in [-0.3, -0.25) is 28.8 Å². The molecule has 0 fully saturated rings. The average Bonchev–Trinajstić information content (AvgIpc) is 3.14. The molecular formula is C39H36N4O8. The zero-order chi connectivity index (χ0) is 36.1. The van der Waals surface area contributed by atoms with Crippen LogP contribution in [0.2, 0.25) is 0 Å². The van der Waals surface area contributed by atoms with Crippen molar-refractivity contribution in [2.45, 2.75) is 12.8 Å². The van der Waals surface area contributed by atoms with E-state index in [1.807, 2.05) is 0 Å². The van der Waals surface area contributed by atoms with Crippen molar-refractivity contribution in [3.63, 3.8) is 0 Å². The molecule has 0 atom stereocenters. The van der Waals surface area contributed by atoms with Gasteiger partial charge in [0.05, 0.1) is 35.6 Å². The van der Waals surface area contributed by atoms with Crippen molar-refractivity contribution in [3.05, 3.63) is 117 Å². The van der Waals surface area contributed by atoms with Crippen molar-refractivity contribution in [3.8, 4) is 11.1 Å². The van der Waals surface area contributed by atoms with E-state index in [-0.39, 0.29) is 86.7 Å². The largest absolute Gasteiger partial charge is 0.396 e. The third-order valence-electron chi connectivity index (χ3n) is 8.77. The van der Waals surface area contributed by atoms with Gasteiger partial charge >= 0.3 is 0 Å². The monoisotopic (exact) mass is 688 g/mol. The minimum atomic E-state index is -0.493. The summed E-state index contributed by atoms with van der Waals surface area (Å²) in [6.45, 7) is 1.26. The Morgan fingerprint density at radius 3 is 1.33 bits per heavy atom. The van der Waals surface area contributed by atoms with E-state index in [0.717, 1.165) is 0 Å². The number of benzene rings is 4. The minimum absolute atomic E-state index is 0.0178. The lowest BCUT2D eigenvalue weighted by molar-refractivity contribution is -0.116. The zero-order valence-electron chi connectivity index (χ0n) is 27.9. The number of methoxy groups -OCH3 is 1. The van der Waals surface area contributed by atoms with Gasteiger partial charge in [0.1, 0.15) is 0 Å². The summed E-state index contributed by atoms with van der Waals surface area (Å²) in [5, 5.41) is 20.5. The highest BCUT2D eigenvalue weighted by molar-refractivity contribution is 6.35. The Labute approximate surface area is 293 Å². The number of aliphatic hydroxyl groups excluding tert-OH is 1. The van der Waals surface area contributed by atoms with Crippen molar-refractivity contribution >= 4 is 46.3 Å². The third-order valence-corrected chi connectivity index (χ3v) is 8.77. The molecule has 0 spiro atoms. The predicted octanol–water partition coefficient (Wildman–Crippen LogP) is 3.38. The Kier molecular flexibility index (Phi) is 10.7. The first-order valence-electron chi connectivity index (χ1n) is 16.6. The normalized spacial score (nSPS) is 12.9. The van der Waals surface area contributed by atoms with E-state index in [9.17, 15) is 28.8 Å². The Balaban J connectivity index is 1.48. The molecule has 2 aliphatic rings. The maximum absolute atomic E-state index is 14.3. The number of nitrogens with one attached hydrogen (secondary N) is 4. The molecule has 51 heavy (non-hydrogen) atoms. The van der Waals surface area contributed by atoms with Crippen LogP contribution in [0.3, 0.4) is 0 Å². The van der Waals surface area contributed by atoms with Crippen molar-refractivity contribution in [2.24, 2.45) is 0 Å². The third kappa shape index (κ3) is 6.90. The summed E-state index contributed by atoms with van der Waals surface area (Å²) in [5.74, 6) is -2.85. The Morgan fingerprint density at radius 1 is 0.549 bits per heavy atom. The molecule has 5 N–H and O–H groups in total. The summed E-state index contributed by atoms with van der Waals surface area (Å²) in [5.41, 5.74) is 1.22. The standard InChI is InChI=1S/C39H36N4O8/c1-51-19-7-17-41-21-31(46)43-29-15-13-23(33-35(29)39(50)27-11-5-3-9-25(27)37(33)48)22-12-14-28(42-30(45)20-40-16-6-18-44)34-32(22)36(47)24-8-2-4-10-26(24)38(34)49/h2-5,8-15,40-41,44H,6-7,16-21H2,1H3,(H,42,45)(H,43,46). The van der Waals surface area contributed by atoms with Crippen LogP contribution in [0.15, 0.2) is 72.8 Å². The minimum Gasteiger partial charge on any atom is -0.396 e. The zero-order valence-corrected chi connectivity index (χ0v) is 27.9. The van der Waals surface area contributed by atoms with Gasteiger partial charge in [-0.15, -0.1) is 0 Å². The molecule has 0 saturated heterocycles. The topological polar surface area (TPSA) is 180 Å². The second kappa shape index (κ2) is 15.5. The molecule has 0 aliphatic heterocycles. The molecule has 12 nitrogen and oxygen atoms in total. The van der Waals surface area contributed by atoms with Gasteiger partial charge in [0.25, 0.3) is 0 Å². The van der Waals surface area contributed by atoms with Crippen LogP contribution in [0.5, 0.6) is 0 Å². The molecule has 0 aromatic heterocycles. The van der Waals surface area contributed by atoms with E-state index in [4.69, 9.17) is 9.84 Å². The molecule has 0 unspecified atom stereocenters. The fourth-order valence-corrected chi connectivity index (χ4v) is 6.44. The van der Waals surface area contributed by atoms with Crippen LogP contribution in [0, 0.1) is 0 Å². The Bertz CT molecular complexity index is 2090. The Morgan fingerprint density at radius 2 is 0.941 bits per heavy atom. The maximum atomic E-state index is 14.3. The molecule has 4 aromatic rings. The summed E-state index contributed by atoms with van der Waals surface area (Å²) in [6, 6.07) is 18.9. The van der Waals surface area contributed by atoms with Gasteiger partial charge in [-0.1, -0.05) is 60.7 Å². The number of ether oxygens (including phenoxy) is 1. The van der Waals surface area contributed by atoms with Gasteiger partial charge in [0, 0.05) is 53.7 Å². The van der Waals surface area contributed by atoms with Crippen LogP contribution < -0.4 is 21.3 Å². The number of hydrogen-bond acceptors (Lipinski definition) is 10. The van der Waals surface area contributed by atoms with E-state index in [1.54, 1.807) is 61.7 Å². The first kappa shape index (κ1) is 35.2. The predicted molar refractivity (Wildman–Crippen MR) is 190 cm³/mol. The highest BCUT2D eigenvalue weighted by Crippen LogP contribution is 2.43. The van der Waals surface area contributed by atoms with E-state index < -0.39 is 34.9 Å². The van der Waals surface area contributed by atoms with Crippen LogP contribution in [0.25, 0.3) is 11.1 Å². The second-order valence-corrected chi connectivity index (χ2v) is 12.1. The number of hydrogen-bond donors (Lipinski definition) is 5. The SMILES string of the molecule is COCCCNCC(=O)Nc1ccc(-c2ccc(NC(=O)CNCCCO)c3c2C(=O)c2ccccc2C3=O)c2c1C(=O)c1ccccc1C2=O. The van der Waals surface area contributed by atoms with Gasteiger partial charge in [-0.25, -0.2) is 0 Å². The van der Waals surface area contributed by atoms with E-state index >= 15 is 0 Å². The summed E-state index contributed by atoms with van der Waals surface area (Å²) in [4.78, 5) is 82.7. The van der Waals surface area contributed by atoms with Gasteiger partial charge in [0.2, 0.25) is 11.8 Å². The molecule has 12 heteroatoms. The van der Waals surface area contributed by atoms with Gasteiger partial charge in [-0.2, -0.15) is 0 Å². The van der Waals surface area contributed by atoms with Crippen molar-refractivity contribution in [2.75, 3.05) is 57.1 Å². The maximum Gasteiger partial charge on any atom is 0.238 e. The highest BCUT2D eigenvalue weighted by Gasteiger charge is 2.38. The lowest BCUT2D eigenvalue weighted by Gasteiger charge is -2.26. The van der Waals surface area contributed by atoms with E-state index in [2.05, 4.69) is 21.3 Å². The van der Waals surface area contributed by atoms with E-state index in [1.165, 1.54) is 18.2 Å². The van der Waals surface area contributed by atoms with Crippen LogP contribution in [0.4, 0.5) is 11.4 Å². The van der Waals surface area contributed by atoms with Crippen molar-refractivity contribution in [1.82, 2.24) is 10.6 Å². The highest BCUT2D eigenvalue weighted by atomic mass is 16.5. The van der Waals surface area contributed by atoms with Crippen molar-refractivity contribution < 1.29 is 38.6 Å². The number of aliphatic hydroxyl groups is 1.